The van der Waals surface area contributed by atoms with Crippen LogP contribution in [0.25, 0.3) is 0 Å². The zero-order valence-corrected chi connectivity index (χ0v) is 15.7. The molecule has 1 N–H and O–H groups in total. The maximum Gasteiger partial charge on any atom is 0.321 e. The van der Waals surface area contributed by atoms with Crippen LogP contribution in [0.2, 0.25) is 5.02 Å². The summed E-state index contributed by atoms with van der Waals surface area (Å²) in [5, 5.41) is 3.61. The summed E-state index contributed by atoms with van der Waals surface area (Å²) in [7, 11) is 0. The summed E-state index contributed by atoms with van der Waals surface area (Å²) in [5.74, 6) is 0.00954. The number of ketones is 1. The quantitative estimate of drug-likeness (QED) is 0.822. The van der Waals surface area contributed by atoms with Crippen molar-refractivity contribution in [2.75, 3.05) is 36.4 Å². The lowest BCUT2D eigenvalue weighted by Gasteiger charge is -2.36. The fourth-order valence-electron chi connectivity index (χ4n) is 3.06. The summed E-state index contributed by atoms with van der Waals surface area (Å²) in [5.41, 5.74) is 3.62. The summed E-state index contributed by atoms with van der Waals surface area (Å²) >= 11 is 6.11. The largest absolute Gasteiger partial charge is 0.368 e. The number of benzene rings is 2. The molecule has 1 saturated heterocycles. The molecule has 1 fully saturated rings. The van der Waals surface area contributed by atoms with Gasteiger partial charge in [-0.3, -0.25) is 4.79 Å². The Morgan fingerprint density at radius 3 is 2.27 bits per heavy atom. The number of urea groups is 1. The molecule has 0 aromatic heterocycles. The highest BCUT2D eigenvalue weighted by Crippen LogP contribution is 2.25. The average molecular weight is 372 g/mol. The van der Waals surface area contributed by atoms with Gasteiger partial charge in [0.25, 0.3) is 0 Å². The first-order valence-corrected chi connectivity index (χ1v) is 9.00. The standard InChI is InChI=1S/C20H22ClN3O2/c1-14-3-6-17(21)13-19(14)23-9-11-24(12-10-23)20(26)22-18-7-4-16(5-8-18)15(2)25/h3-8,13H,9-12H2,1-2H3,(H,22,26). The van der Waals surface area contributed by atoms with E-state index in [0.717, 1.165) is 23.8 Å². The van der Waals surface area contributed by atoms with Crippen LogP contribution in [-0.2, 0) is 0 Å². The number of piperazine rings is 1. The van der Waals surface area contributed by atoms with Crippen molar-refractivity contribution in [3.63, 3.8) is 0 Å². The minimum absolute atomic E-state index is 0.00954. The normalized spacial score (nSPS) is 14.3. The van der Waals surface area contributed by atoms with Gasteiger partial charge in [-0.1, -0.05) is 17.7 Å². The Morgan fingerprint density at radius 2 is 1.65 bits per heavy atom. The number of rotatable bonds is 3. The Balaban J connectivity index is 1.58. The lowest BCUT2D eigenvalue weighted by atomic mass is 10.1. The number of Topliss-reactive ketones (excluding diaryl/α,β-unsaturated/α-hetero) is 1. The third-order valence-corrected chi connectivity index (χ3v) is 4.86. The lowest BCUT2D eigenvalue weighted by Crippen LogP contribution is -2.50. The smallest absolute Gasteiger partial charge is 0.321 e. The maximum atomic E-state index is 12.5. The van der Waals surface area contributed by atoms with Gasteiger partial charge < -0.3 is 15.1 Å². The van der Waals surface area contributed by atoms with Crippen LogP contribution in [0.1, 0.15) is 22.8 Å². The molecule has 0 atom stereocenters. The Hall–Kier alpha value is -2.53. The van der Waals surface area contributed by atoms with Gasteiger partial charge in [0.05, 0.1) is 0 Å². The molecule has 2 aromatic carbocycles. The molecule has 0 aliphatic carbocycles. The molecule has 2 amide bonds. The van der Waals surface area contributed by atoms with Gasteiger partial charge in [-0.2, -0.15) is 0 Å². The van der Waals surface area contributed by atoms with Gasteiger partial charge in [0.15, 0.2) is 5.78 Å². The highest BCUT2D eigenvalue weighted by atomic mass is 35.5. The third kappa shape index (κ3) is 4.17. The van der Waals surface area contributed by atoms with Crippen LogP contribution in [0.3, 0.4) is 0 Å². The average Bonchev–Trinajstić information content (AvgIpc) is 2.64. The van der Waals surface area contributed by atoms with E-state index >= 15 is 0 Å². The van der Waals surface area contributed by atoms with Crippen molar-refractivity contribution >= 4 is 34.8 Å². The molecule has 0 bridgehead atoms. The molecule has 0 radical (unpaired) electrons. The Morgan fingerprint density at radius 1 is 1.00 bits per heavy atom. The van der Waals surface area contributed by atoms with Gasteiger partial charge in [-0.05, 0) is 55.8 Å². The second kappa shape index (κ2) is 7.79. The number of carbonyl (C=O) groups is 2. The van der Waals surface area contributed by atoms with Crippen LogP contribution in [-0.4, -0.2) is 42.9 Å². The summed E-state index contributed by atoms with van der Waals surface area (Å²) in [6.07, 6.45) is 0. The SMILES string of the molecule is CC(=O)c1ccc(NC(=O)N2CCN(c3cc(Cl)ccc3C)CC2)cc1. The fourth-order valence-corrected chi connectivity index (χ4v) is 3.23. The number of nitrogens with one attached hydrogen (secondary N) is 1. The van der Waals surface area contributed by atoms with Crippen LogP contribution in [0.4, 0.5) is 16.2 Å². The van der Waals surface area contributed by atoms with Crippen LogP contribution in [0, 0.1) is 6.92 Å². The maximum absolute atomic E-state index is 12.5. The van der Waals surface area contributed by atoms with E-state index in [1.807, 2.05) is 18.2 Å². The molecule has 136 valence electrons. The van der Waals surface area contributed by atoms with E-state index in [0.29, 0.717) is 24.3 Å². The van der Waals surface area contributed by atoms with Crippen molar-refractivity contribution in [1.82, 2.24) is 4.90 Å². The third-order valence-electron chi connectivity index (χ3n) is 4.62. The van der Waals surface area contributed by atoms with Crippen LogP contribution >= 0.6 is 11.6 Å². The first-order valence-electron chi connectivity index (χ1n) is 8.62. The highest BCUT2D eigenvalue weighted by molar-refractivity contribution is 6.30. The van der Waals surface area contributed by atoms with Gasteiger partial charge in [-0.25, -0.2) is 4.79 Å². The summed E-state index contributed by atoms with van der Waals surface area (Å²) in [6, 6.07) is 12.7. The van der Waals surface area contributed by atoms with Crippen molar-refractivity contribution < 1.29 is 9.59 Å². The van der Waals surface area contributed by atoms with Crippen molar-refractivity contribution in [1.29, 1.82) is 0 Å². The van der Waals surface area contributed by atoms with Gasteiger partial charge >= 0.3 is 6.03 Å². The topological polar surface area (TPSA) is 52.7 Å². The number of amides is 2. The molecule has 0 saturated carbocycles. The minimum atomic E-state index is -0.122. The first-order chi connectivity index (χ1) is 12.4. The number of hydrogen-bond donors (Lipinski definition) is 1. The number of anilines is 2. The summed E-state index contributed by atoms with van der Waals surface area (Å²) in [6.45, 7) is 6.40. The van der Waals surface area contributed by atoms with Gasteiger partial charge in [0, 0.05) is 48.1 Å². The van der Waals surface area contributed by atoms with Crippen molar-refractivity contribution in [2.24, 2.45) is 0 Å². The van der Waals surface area contributed by atoms with Crippen LogP contribution in [0.15, 0.2) is 42.5 Å². The van der Waals surface area contributed by atoms with E-state index in [1.165, 1.54) is 12.5 Å². The number of nitrogens with zero attached hydrogens (tertiary/aromatic N) is 2. The van der Waals surface area contributed by atoms with E-state index in [1.54, 1.807) is 29.2 Å². The Kier molecular flexibility index (Phi) is 5.47. The number of carbonyl (C=O) groups excluding carboxylic acids is 2. The molecule has 0 spiro atoms. The molecule has 1 aliphatic rings. The molecule has 5 nitrogen and oxygen atoms in total. The number of aryl methyl sites for hydroxylation is 1. The lowest BCUT2D eigenvalue weighted by molar-refractivity contribution is 0.101. The van der Waals surface area contributed by atoms with Crippen molar-refractivity contribution in [3.05, 3.63) is 58.6 Å². The summed E-state index contributed by atoms with van der Waals surface area (Å²) < 4.78 is 0. The molecule has 3 rings (SSSR count). The highest BCUT2D eigenvalue weighted by Gasteiger charge is 2.22. The van der Waals surface area contributed by atoms with Gasteiger partial charge in [-0.15, -0.1) is 0 Å². The zero-order valence-electron chi connectivity index (χ0n) is 15.0. The molecule has 26 heavy (non-hydrogen) atoms. The van der Waals surface area contributed by atoms with E-state index in [9.17, 15) is 9.59 Å². The van der Waals surface area contributed by atoms with Gasteiger partial charge in [0.2, 0.25) is 0 Å². The van der Waals surface area contributed by atoms with E-state index in [4.69, 9.17) is 11.6 Å². The Bertz CT molecular complexity index is 812. The van der Waals surface area contributed by atoms with E-state index < -0.39 is 0 Å². The van der Waals surface area contributed by atoms with Crippen molar-refractivity contribution in [2.45, 2.75) is 13.8 Å². The van der Waals surface area contributed by atoms with Crippen LogP contribution in [0.5, 0.6) is 0 Å². The zero-order chi connectivity index (χ0) is 18.7. The molecule has 2 aromatic rings. The van der Waals surface area contributed by atoms with E-state index in [2.05, 4.69) is 17.1 Å². The summed E-state index contributed by atoms with van der Waals surface area (Å²) in [4.78, 5) is 27.8. The predicted octanol–water partition coefficient (Wildman–Crippen LogP) is 4.21. The molecule has 0 unspecified atom stereocenters. The molecular weight excluding hydrogens is 350 g/mol. The molecular formula is C20H22ClN3O2. The molecule has 6 heteroatoms. The van der Waals surface area contributed by atoms with Crippen LogP contribution < -0.4 is 10.2 Å². The second-order valence-corrected chi connectivity index (χ2v) is 6.91. The number of hydrogen-bond acceptors (Lipinski definition) is 3. The molecule has 1 heterocycles. The minimum Gasteiger partial charge on any atom is -0.368 e. The monoisotopic (exact) mass is 371 g/mol. The fraction of sp³-hybridized carbons (Fsp3) is 0.300. The second-order valence-electron chi connectivity index (χ2n) is 6.47. The first kappa shape index (κ1) is 18.3. The van der Waals surface area contributed by atoms with Gasteiger partial charge in [0.1, 0.15) is 0 Å². The van der Waals surface area contributed by atoms with E-state index in [-0.39, 0.29) is 11.8 Å². The predicted molar refractivity (Wildman–Crippen MR) is 105 cm³/mol. The van der Waals surface area contributed by atoms with Crippen molar-refractivity contribution in [3.8, 4) is 0 Å². The Labute approximate surface area is 158 Å². The molecule has 1 aliphatic heterocycles. The number of halogens is 1.